The van der Waals surface area contributed by atoms with Crippen molar-refractivity contribution in [2.24, 2.45) is 4.99 Å². The second-order valence-electron chi connectivity index (χ2n) is 5.71. The van der Waals surface area contributed by atoms with Crippen LogP contribution < -0.4 is 15.4 Å². The van der Waals surface area contributed by atoms with Gasteiger partial charge in [0.05, 0.1) is 12.1 Å². The molecule has 10 heteroatoms. The first-order valence-electron chi connectivity index (χ1n) is 7.97. The number of alkyl halides is 2. The first-order chi connectivity index (χ1) is 11.9. The molecule has 1 saturated heterocycles. The Morgan fingerprint density at radius 3 is 2.85 bits per heavy atom. The van der Waals surface area contributed by atoms with Crippen molar-refractivity contribution in [3.8, 4) is 5.75 Å². The molecule has 1 heterocycles. The minimum absolute atomic E-state index is 0. The van der Waals surface area contributed by atoms with Gasteiger partial charge in [-0.3, -0.25) is 0 Å². The lowest BCUT2D eigenvalue weighted by Crippen LogP contribution is -2.47. The van der Waals surface area contributed by atoms with Crippen molar-refractivity contribution in [3.63, 3.8) is 0 Å². The first-order valence-corrected chi connectivity index (χ1v) is 9.51. The number of nitrogens with zero attached hydrogens (tertiary/aromatic N) is 1. The van der Waals surface area contributed by atoms with Gasteiger partial charge in [-0.2, -0.15) is 20.5 Å². The normalized spacial score (nSPS) is 20.0. The Kier molecular flexibility index (Phi) is 10.3. The summed E-state index contributed by atoms with van der Waals surface area (Å²) < 4.78 is 29.5. The molecule has 1 fully saturated rings. The van der Waals surface area contributed by atoms with Gasteiger partial charge in [0.25, 0.3) is 0 Å². The summed E-state index contributed by atoms with van der Waals surface area (Å²) in [6.45, 7) is 0.133. The molecule has 1 aromatic carbocycles. The fourth-order valence-corrected chi connectivity index (χ4v) is 3.86. The molecule has 0 aliphatic carbocycles. The summed E-state index contributed by atoms with van der Waals surface area (Å²) in [6.07, 6.45) is 0.727. The number of ether oxygens (including phenoxy) is 1. The maximum atomic E-state index is 12.5. The number of aliphatic hydroxyl groups is 1. The molecule has 26 heavy (non-hydrogen) atoms. The maximum absolute atomic E-state index is 12.5. The summed E-state index contributed by atoms with van der Waals surface area (Å²) in [5.41, 5.74) is -0.291. The molecule has 1 aliphatic rings. The third-order valence-electron chi connectivity index (χ3n) is 3.66. The number of nitrogens with one attached hydrogen (secondary N) is 2. The van der Waals surface area contributed by atoms with Crippen molar-refractivity contribution in [2.75, 3.05) is 24.6 Å². The monoisotopic (exact) mass is 521 g/mol. The van der Waals surface area contributed by atoms with E-state index in [4.69, 9.17) is 11.6 Å². The van der Waals surface area contributed by atoms with Crippen molar-refractivity contribution in [1.29, 1.82) is 0 Å². The lowest BCUT2D eigenvalue weighted by molar-refractivity contribution is -0.0504. The number of hydrogen-bond acceptors (Lipinski definition) is 4. The molecule has 1 unspecified atom stereocenters. The minimum Gasteiger partial charge on any atom is -0.434 e. The summed E-state index contributed by atoms with van der Waals surface area (Å²) in [5, 5.41) is 17.0. The largest absolute Gasteiger partial charge is 0.434 e. The molecule has 1 atom stereocenters. The molecule has 2 rings (SSSR count). The van der Waals surface area contributed by atoms with E-state index in [1.807, 2.05) is 6.92 Å². The number of rotatable bonds is 7. The van der Waals surface area contributed by atoms with Crippen LogP contribution in [0.5, 0.6) is 5.75 Å². The standard InChI is InChI=1S/C16H22ClF2N3O2S.HI/c1-2-20-15(22-9-16(23)5-6-25-10-16)21-8-11-7-12(17)3-4-13(11)24-14(18)19;/h3-4,7,14,23H,2,5-6,8-10H2,1H3,(H2,20,21,22);1H. The number of benzene rings is 1. The highest BCUT2D eigenvalue weighted by molar-refractivity contribution is 14.0. The molecule has 0 aromatic heterocycles. The van der Waals surface area contributed by atoms with E-state index in [0.717, 1.165) is 12.2 Å². The van der Waals surface area contributed by atoms with Gasteiger partial charge in [0.1, 0.15) is 5.75 Å². The van der Waals surface area contributed by atoms with Crippen LogP contribution >= 0.6 is 47.3 Å². The van der Waals surface area contributed by atoms with E-state index in [2.05, 4.69) is 20.4 Å². The summed E-state index contributed by atoms with van der Waals surface area (Å²) in [4.78, 5) is 4.38. The summed E-state index contributed by atoms with van der Waals surface area (Å²) >= 11 is 7.65. The second kappa shape index (κ2) is 11.4. The fourth-order valence-electron chi connectivity index (χ4n) is 2.37. The zero-order valence-electron chi connectivity index (χ0n) is 14.3. The molecule has 148 valence electrons. The molecule has 1 aromatic rings. The Hall–Kier alpha value is -0.520. The van der Waals surface area contributed by atoms with Crippen molar-refractivity contribution >= 4 is 53.3 Å². The van der Waals surface area contributed by atoms with E-state index in [1.54, 1.807) is 17.8 Å². The topological polar surface area (TPSA) is 65.9 Å². The minimum atomic E-state index is -2.91. The molecule has 0 spiro atoms. The van der Waals surface area contributed by atoms with Crippen LogP contribution in [0.2, 0.25) is 5.02 Å². The Labute approximate surface area is 178 Å². The Balaban J connectivity index is 0.00000338. The van der Waals surface area contributed by atoms with Gasteiger partial charge in [0.2, 0.25) is 0 Å². The van der Waals surface area contributed by atoms with Crippen molar-refractivity contribution < 1.29 is 18.6 Å². The molecular formula is C16H23ClF2IN3O2S. The fraction of sp³-hybridized carbons (Fsp3) is 0.562. The summed E-state index contributed by atoms with van der Waals surface area (Å²) in [6, 6.07) is 4.44. The second-order valence-corrected chi connectivity index (χ2v) is 7.25. The molecule has 0 radical (unpaired) electrons. The Morgan fingerprint density at radius 2 is 2.23 bits per heavy atom. The summed E-state index contributed by atoms with van der Waals surface area (Å²) in [7, 11) is 0. The zero-order chi connectivity index (χ0) is 18.3. The van der Waals surface area contributed by atoms with Crippen LogP contribution in [-0.2, 0) is 6.54 Å². The third kappa shape index (κ3) is 7.61. The predicted molar refractivity (Wildman–Crippen MR) is 113 cm³/mol. The van der Waals surface area contributed by atoms with Gasteiger partial charge in [-0.15, -0.1) is 24.0 Å². The number of halogens is 4. The van der Waals surface area contributed by atoms with Crippen molar-refractivity contribution in [2.45, 2.75) is 32.1 Å². The van der Waals surface area contributed by atoms with E-state index in [0.29, 0.717) is 35.4 Å². The van der Waals surface area contributed by atoms with Gasteiger partial charge in [-0.05, 0) is 37.3 Å². The van der Waals surface area contributed by atoms with Crippen molar-refractivity contribution in [3.05, 3.63) is 28.8 Å². The molecule has 1 aliphatic heterocycles. The molecule has 5 nitrogen and oxygen atoms in total. The first kappa shape index (κ1) is 23.5. The van der Waals surface area contributed by atoms with E-state index in [9.17, 15) is 13.9 Å². The number of hydrogen-bond donors (Lipinski definition) is 3. The average Bonchev–Trinajstić information content (AvgIpc) is 2.99. The van der Waals surface area contributed by atoms with Gasteiger partial charge in [-0.25, -0.2) is 4.99 Å². The highest BCUT2D eigenvalue weighted by atomic mass is 127. The predicted octanol–water partition coefficient (Wildman–Crippen LogP) is 3.48. The number of thioether (sulfide) groups is 1. The van der Waals surface area contributed by atoms with Crippen LogP contribution in [0.3, 0.4) is 0 Å². The van der Waals surface area contributed by atoms with Gasteiger partial charge >= 0.3 is 6.61 Å². The molecule has 0 amide bonds. The van der Waals surface area contributed by atoms with Crippen LogP contribution in [0, 0.1) is 0 Å². The van der Waals surface area contributed by atoms with E-state index in [1.165, 1.54) is 12.1 Å². The van der Waals surface area contributed by atoms with E-state index < -0.39 is 12.2 Å². The van der Waals surface area contributed by atoms with E-state index >= 15 is 0 Å². The van der Waals surface area contributed by atoms with Crippen LogP contribution in [0.4, 0.5) is 8.78 Å². The third-order valence-corrected chi connectivity index (χ3v) is 5.13. The molecular weight excluding hydrogens is 499 g/mol. The van der Waals surface area contributed by atoms with Crippen LogP contribution in [0.15, 0.2) is 23.2 Å². The van der Waals surface area contributed by atoms with Gasteiger partial charge in [-0.1, -0.05) is 11.6 Å². The molecule has 0 saturated carbocycles. The molecule has 0 bridgehead atoms. The Bertz CT molecular complexity index is 605. The highest BCUT2D eigenvalue weighted by Crippen LogP contribution is 2.27. The quantitative estimate of drug-likeness (QED) is 0.291. The Morgan fingerprint density at radius 1 is 1.46 bits per heavy atom. The number of aliphatic imine (C=N–C) groups is 1. The van der Waals surface area contributed by atoms with Gasteiger partial charge < -0.3 is 20.5 Å². The SMILES string of the molecule is CCNC(=NCc1cc(Cl)ccc1OC(F)F)NCC1(O)CCSC1.I. The number of guanidine groups is 1. The van der Waals surface area contributed by atoms with Crippen LogP contribution in [0.1, 0.15) is 18.9 Å². The maximum Gasteiger partial charge on any atom is 0.387 e. The van der Waals surface area contributed by atoms with E-state index in [-0.39, 0.29) is 36.3 Å². The van der Waals surface area contributed by atoms with Crippen LogP contribution in [-0.4, -0.2) is 47.9 Å². The lowest BCUT2D eigenvalue weighted by Gasteiger charge is -2.23. The highest BCUT2D eigenvalue weighted by Gasteiger charge is 2.31. The average molecular weight is 522 g/mol. The smallest absolute Gasteiger partial charge is 0.387 e. The summed E-state index contributed by atoms with van der Waals surface area (Å²) in [5.74, 6) is 2.16. The van der Waals surface area contributed by atoms with Crippen molar-refractivity contribution in [1.82, 2.24) is 10.6 Å². The lowest BCUT2D eigenvalue weighted by atomic mass is 10.0. The van der Waals surface area contributed by atoms with Gasteiger partial charge in [0, 0.05) is 29.4 Å². The van der Waals surface area contributed by atoms with Gasteiger partial charge in [0.15, 0.2) is 5.96 Å². The zero-order valence-corrected chi connectivity index (χ0v) is 18.2. The molecule has 3 N–H and O–H groups in total. The van der Waals surface area contributed by atoms with Crippen LogP contribution in [0.25, 0.3) is 0 Å².